The number of morpholine rings is 1. The molecule has 0 saturated carbocycles. The lowest BCUT2D eigenvalue weighted by molar-refractivity contribution is -0.138. The molecule has 146 valence electrons. The number of alkyl halides is 3. The normalized spacial score (nSPS) is 18.9. The Labute approximate surface area is 149 Å². The molecule has 1 fully saturated rings. The highest BCUT2D eigenvalue weighted by Gasteiger charge is 2.31. The summed E-state index contributed by atoms with van der Waals surface area (Å²) in [5.41, 5.74) is -1.63. The molecule has 2 rings (SSSR count). The molecule has 1 N–H and O–H groups in total. The van der Waals surface area contributed by atoms with Gasteiger partial charge in [0.25, 0.3) is 5.56 Å². The second-order valence-electron chi connectivity index (χ2n) is 6.83. The number of amides is 1. The molecule has 1 aromatic rings. The Hall–Kier alpha value is -1.87. The Bertz CT molecular complexity index is 673. The van der Waals surface area contributed by atoms with Crippen LogP contribution in [0.5, 0.6) is 0 Å². The van der Waals surface area contributed by atoms with Crippen LogP contribution >= 0.6 is 0 Å². The summed E-state index contributed by atoms with van der Waals surface area (Å²) in [4.78, 5) is 25.9. The third-order valence-corrected chi connectivity index (χ3v) is 4.00. The van der Waals surface area contributed by atoms with Crippen LogP contribution in [0, 0.1) is 5.92 Å². The van der Waals surface area contributed by atoms with E-state index in [0.717, 1.165) is 23.7 Å². The van der Waals surface area contributed by atoms with E-state index >= 15 is 0 Å². The minimum Gasteiger partial charge on any atom is -0.374 e. The van der Waals surface area contributed by atoms with Gasteiger partial charge in [0, 0.05) is 38.4 Å². The Morgan fingerprint density at radius 1 is 1.38 bits per heavy atom. The van der Waals surface area contributed by atoms with Crippen LogP contribution in [0.4, 0.5) is 13.2 Å². The fourth-order valence-electron chi connectivity index (χ4n) is 2.85. The summed E-state index contributed by atoms with van der Waals surface area (Å²) >= 11 is 0. The first kappa shape index (κ1) is 20.4. The average Bonchev–Trinajstić information content (AvgIpc) is 2.54. The van der Waals surface area contributed by atoms with E-state index in [1.807, 2.05) is 0 Å². The highest BCUT2D eigenvalue weighted by Crippen LogP contribution is 2.27. The van der Waals surface area contributed by atoms with Crippen molar-refractivity contribution in [3.8, 4) is 0 Å². The monoisotopic (exact) mass is 375 g/mol. The zero-order valence-electron chi connectivity index (χ0n) is 14.9. The fraction of sp³-hybridized carbons (Fsp3) is 0.647. The molecular formula is C17H24F3N3O3. The molecule has 1 saturated heterocycles. The lowest BCUT2D eigenvalue weighted by atomic mass is 10.2. The summed E-state index contributed by atoms with van der Waals surface area (Å²) in [6, 6.07) is 1.51. The third-order valence-electron chi connectivity index (χ3n) is 4.00. The van der Waals surface area contributed by atoms with Gasteiger partial charge in [-0.15, -0.1) is 0 Å². The first-order valence-electron chi connectivity index (χ1n) is 8.53. The van der Waals surface area contributed by atoms with Gasteiger partial charge in [0.05, 0.1) is 18.3 Å². The maximum Gasteiger partial charge on any atom is 0.417 e. The van der Waals surface area contributed by atoms with Crippen LogP contribution in [-0.2, 0) is 22.3 Å². The summed E-state index contributed by atoms with van der Waals surface area (Å²) in [5.74, 6) is -0.00728. The molecule has 26 heavy (non-hydrogen) atoms. The van der Waals surface area contributed by atoms with Crippen LogP contribution in [0.15, 0.2) is 23.1 Å². The quantitative estimate of drug-likeness (QED) is 0.815. The maximum atomic E-state index is 12.7. The second-order valence-corrected chi connectivity index (χ2v) is 6.83. The molecule has 0 spiro atoms. The number of ether oxygens (including phenoxy) is 1. The molecule has 1 aliphatic heterocycles. The van der Waals surface area contributed by atoms with Crippen molar-refractivity contribution in [3.63, 3.8) is 0 Å². The smallest absolute Gasteiger partial charge is 0.374 e. The van der Waals surface area contributed by atoms with Gasteiger partial charge in [0.2, 0.25) is 5.91 Å². The lowest BCUT2D eigenvalue weighted by Crippen LogP contribution is -2.48. The van der Waals surface area contributed by atoms with Crippen LogP contribution in [0.1, 0.15) is 19.4 Å². The van der Waals surface area contributed by atoms with Gasteiger partial charge in [-0.2, -0.15) is 13.2 Å². The second kappa shape index (κ2) is 8.68. The maximum absolute atomic E-state index is 12.7. The molecule has 6 nitrogen and oxygen atoms in total. The third kappa shape index (κ3) is 6.14. The van der Waals surface area contributed by atoms with Crippen LogP contribution in [0.2, 0.25) is 0 Å². The Morgan fingerprint density at radius 3 is 2.77 bits per heavy atom. The van der Waals surface area contributed by atoms with Crippen LogP contribution in [-0.4, -0.2) is 54.3 Å². The van der Waals surface area contributed by atoms with Gasteiger partial charge >= 0.3 is 6.18 Å². The summed E-state index contributed by atoms with van der Waals surface area (Å²) < 4.78 is 44.5. The van der Waals surface area contributed by atoms with E-state index in [4.69, 9.17) is 4.74 Å². The van der Waals surface area contributed by atoms with Crippen molar-refractivity contribution in [1.82, 2.24) is 14.8 Å². The molecule has 1 aliphatic rings. The van der Waals surface area contributed by atoms with E-state index in [-0.39, 0.29) is 12.6 Å². The number of hydrogen-bond acceptors (Lipinski definition) is 4. The molecule has 1 amide bonds. The highest BCUT2D eigenvalue weighted by molar-refractivity contribution is 5.75. The van der Waals surface area contributed by atoms with Crippen molar-refractivity contribution < 1.29 is 22.7 Å². The topological polar surface area (TPSA) is 63.6 Å². The zero-order valence-corrected chi connectivity index (χ0v) is 14.9. The van der Waals surface area contributed by atoms with Crippen molar-refractivity contribution in [3.05, 3.63) is 34.2 Å². The van der Waals surface area contributed by atoms with Gasteiger partial charge in [-0.3, -0.25) is 14.5 Å². The fourth-order valence-corrected chi connectivity index (χ4v) is 2.85. The van der Waals surface area contributed by atoms with Crippen molar-refractivity contribution >= 4 is 5.91 Å². The number of rotatable bonds is 6. The predicted molar refractivity (Wildman–Crippen MR) is 89.7 cm³/mol. The molecular weight excluding hydrogens is 351 g/mol. The molecule has 0 aliphatic carbocycles. The van der Waals surface area contributed by atoms with E-state index in [1.54, 1.807) is 0 Å². The Balaban J connectivity index is 1.88. The van der Waals surface area contributed by atoms with Crippen molar-refractivity contribution in [2.45, 2.75) is 32.7 Å². The van der Waals surface area contributed by atoms with E-state index in [2.05, 4.69) is 24.1 Å². The minimum absolute atomic E-state index is 0.176. The number of carbonyl (C=O) groups excluding carboxylic acids is 1. The molecule has 0 unspecified atom stereocenters. The van der Waals surface area contributed by atoms with E-state index in [0.29, 0.717) is 31.3 Å². The molecule has 0 bridgehead atoms. The lowest BCUT2D eigenvalue weighted by Gasteiger charge is -2.33. The number of nitrogens with one attached hydrogen (secondary N) is 1. The minimum atomic E-state index is -4.57. The SMILES string of the molecule is CC(C)CN1CCO[C@H](CNC(=O)Cn2cc(C(F)(F)F)ccc2=O)C1. The number of carbonyl (C=O) groups is 1. The molecule has 9 heteroatoms. The van der Waals surface area contributed by atoms with Gasteiger partial charge in [-0.25, -0.2) is 0 Å². The number of aromatic nitrogens is 1. The highest BCUT2D eigenvalue weighted by atomic mass is 19.4. The van der Waals surface area contributed by atoms with Crippen LogP contribution in [0.25, 0.3) is 0 Å². The van der Waals surface area contributed by atoms with Gasteiger partial charge in [-0.05, 0) is 12.0 Å². The van der Waals surface area contributed by atoms with Crippen molar-refractivity contribution in [2.75, 3.05) is 32.8 Å². The zero-order chi connectivity index (χ0) is 19.3. The Kier molecular flexibility index (Phi) is 6.82. The largest absolute Gasteiger partial charge is 0.417 e. The predicted octanol–water partition coefficient (Wildman–Crippen LogP) is 1.34. The van der Waals surface area contributed by atoms with Gasteiger partial charge in [0.15, 0.2) is 0 Å². The first-order chi connectivity index (χ1) is 12.1. The van der Waals surface area contributed by atoms with E-state index in [1.165, 1.54) is 0 Å². The summed E-state index contributed by atoms with van der Waals surface area (Å²) in [7, 11) is 0. The van der Waals surface area contributed by atoms with E-state index in [9.17, 15) is 22.8 Å². The number of pyridine rings is 1. The number of halogens is 3. The molecule has 0 radical (unpaired) electrons. The van der Waals surface area contributed by atoms with E-state index < -0.39 is 29.8 Å². The van der Waals surface area contributed by atoms with Gasteiger partial charge in [-0.1, -0.05) is 13.8 Å². The van der Waals surface area contributed by atoms with Crippen LogP contribution in [0.3, 0.4) is 0 Å². The van der Waals surface area contributed by atoms with Crippen molar-refractivity contribution in [2.24, 2.45) is 5.92 Å². The van der Waals surface area contributed by atoms with Gasteiger partial charge < -0.3 is 14.6 Å². The summed E-state index contributed by atoms with van der Waals surface area (Å²) in [6.07, 6.45) is -4.09. The average molecular weight is 375 g/mol. The molecule has 0 aromatic carbocycles. The summed E-state index contributed by atoms with van der Waals surface area (Å²) in [5, 5.41) is 2.63. The first-order valence-corrected chi connectivity index (χ1v) is 8.53. The molecule has 2 heterocycles. The van der Waals surface area contributed by atoms with Crippen molar-refractivity contribution in [1.29, 1.82) is 0 Å². The standard InChI is InChI=1S/C17H24F3N3O3/c1-12(2)8-22-5-6-26-14(10-22)7-21-15(24)11-23-9-13(17(18,19)20)3-4-16(23)25/h3-4,9,12,14H,5-8,10-11H2,1-2H3,(H,21,24)/t14-/m1/s1. The number of hydrogen-bond donors (Lipinski definition) is 1. The Morgan fingerprint density at radius 2 is 2.12 bits per heavy atom. The summed E-state index contributed by atoms with van der Waals surface area (Å²) in [6.45, 7) is 7.06. The molecule has 1 aromatic heterocycles. The number of nitrogens with zero attached hydrogens (tertiary/aromatic N) is 2. The van der Waals surface area contributed by atoms with Gasteiger partial charge in [0.1, 0.15) is 6.54 Å². The molecule has 1 atom stereocenters. The van der Waals surface area contributed by atoms with Crippen LogP contribution < -0.4 is 10.9 Å².